The number of rotatable bonds is 1. The van der Waals surface area contributed by atoms with Gasteiger partial charge in [0, 0.05) is 5.69 Å². The first-order valence-electron chi connectivity index (χ1n) is 7.48. The molecular formula is C17H25NO. The molecular weight excluding hydrogens is 234 g/mol. The van der Waals surface area contributed by atoms with Crippen LogP contribution in [0.2, 0.25) is 0 Å². The molecule has 1 fully saturated rings. The molecule has 1 aliphatic heterocycles. The standard InChI is InChI=1S/C17H25NO/c1-12-10-16(2,3)11-17(12,19)15-9-8-13-6-4-5-7-14(13)18-15/h4-7,12,15,18-19H,8-11H2,1-3H3. The summed E-state index contributed by atoms with van der Waals surface area (Å²) in [6.45, 7) is 6.76. The van der Waals surface area contributed by atoms with Crippen molar-refractivity contribution in [1.82, 2.24) is 0 Å². The molecule has 0 bridgehead atoms. The van der Waals surface area contributed by atoms with Gasteiger partial charge in [-0.05, 0) is 48.6 Å². The number of para-hydroxylation sites is 1. The molecule has 2 nitrogen and oxygen atoms in total. The number of anilines is 1. The van der Waals surface area contributed by atoms with Crippen molar-refractivity contribution in [1.29, 1.82) is 0 Å². The van der Waals surface area contributed by atoms with E-state index in [2.05, 4.69) is 50.4 Å². The summed E-state index contributed by atoms with van der Waals surface area (Å²) >= 11 is 0. The Morgan fingerprint density at radius 3 is 2.68 bits per heavy atom. The minimum Gasteiger partial charge on any atom is -0.387 e. The molecule has 2 N–H and O–H groups in total. The molecule has 0 radical (unpaired) electrons. The van der Waals surface area contributed by atoms with Crippen molar-refractivity contribution in [3.63, 3.8) is 0 Å². The highest BCUT2D eigenvalue weighted by atomic mass is 16.3. The van der Waals surface area contributed by atoms with E-state index >= 15 is 0 Å². The summed E-state index contributed by atoms with van der Waals surface area (Å²) in [6.07, 6.45) is 4.13. The van der Waals surface area contributed by atoms with Gasteiger partial charge in [0.25, 0.3) is 0 Å². The topological polar surface area (TPSA) is 32.3 Å². The van der Waals surface area contributed by atoms with E-state index in [1.54, 1.807) is 0 Å². The fourth-order valence-electron chi connectivity index (χ4n) is 4.30. The average Bonchev–Trinajstić information content (AvgIpc) is 2.58. The lowest BCUT2D eigenvalue weighted by atomic mass is 9.79. The second-order valence-corrected chi connectivity index (χ2v) is 7.33. The van der Waals surface area contributed by atoms with Crippen LogP contribution in [0, 0.1) is 11.3 Å². The third-order valence-corrected chi connectivity index (χ3v) is 5.13. The van der Waals surface area contributed by atoms with Gasteiger partial charge in [0.1, 0.15) is 0 Å². The minimum atomic E-state index is -0.559. The molecule has 1 aromatic rings. The second-order valence-electron chi connectivity index (χ2n) is 7.33. The Balaban J connectivity index is 1.85. The third kappa shape index (κ3) is 2.16. The molecule has 1 heterocycles. The van der Waals surface area contributed by atoms with E-state index in [9.17, 15) is 5.11 Å². The largest absolute Gasteiger partial charge is 0.387 e. The molecule has 0 spiro atoms. The Hall–Kier alpha value is -1.02. The van der Waals surface area contributed by atoms with Crippen molar-refractivity contribution in [3.8, 4) is 0 Å². The SMILES string of the molecule is CC1CC(C)(C)CC1(O)C1CCc2ccccc2N1. The molecule has 3 unspecified atom stereocenters. The van der Waals surface area contributed by atoms with Crippen LogP contribution in [0.1, 0.15) is 45.6 Å². The van der Waals surface area contributed by atoms with Gasteiger partial charge in [0.05, 0.1) is 11.6 Å². The number of hydrogen-bond donors (Lipinski definition) is 2. The molecule has 3 atom stereocenters. The zero-order chi connectivity index (χ0) is 13.7. The quantitative estimate of drug-likeness (QED) is 0.807. The van der Waals surface area contributed by atoms with Crippen LogP contribution in [0.5, 0.6) is 0 Å². The van der Waals surface area contributed by atoms with E-state index in [4.69, 9.17) is 0 Å². The Kier molecular flexibility index (Phi) is 2.90. The summed E-state index contributed by atoms with van der Waals surface area (Å²) in [4.78, 5) is 0. The van der Waals surface area contributed by atoms with E-state index < -0.39 is 5.60 Å². The van der Waals surface area contributed by atoms with Crippen molar-refractivity contribution in [2.45, 2.75) is 58.1 Å². The Labute approximate surface area is 116 Å². The summed E-state index contributed by atoms with van der Waals surface area (Å²) in [7, 11) is 0. The number of aryl methyl sites for hydroxylation is 1. The summed E-state index contributed by atoms with van der Waals surface area (Å²) < 4.78 is 0. The minimum absolute atomic E-state index is 0.194. The average molecular weight is 259 g/mol. The second kappa shape index (κ2) is 4.24. The first-order valence-corrected chi connectivity index (χ1v) is 7.48. The van der Waals surface area contributed by atoms with Crippen LogP contribution in [-0.2, 0) is 6.42 Å². The lowest BCUT2D eigenvalue weighted by Crippen LogP contribution is -2.50. The monoisotopic (exact) mass is 259 g/mol. The van der Waals surface area contributed by atoms with Gasteiger partial charge < -0.3 is 10.4 Å². The number of aliphatic hydroxyl groups is 1. The summed E-state index contributed by atoms with van der Waals surface area (Å²) in [6, 6.07) is 8.68. The molecule has 2 aliphatic rings. The van der Waals surface area contributed by atoms with E-state index in [0.717, 1.165) is 25.7 Å². The molecule has 2 heteroatoms. The molecule has 0 aromatic heterocycles. The van der Waals surface area contributed by atoms with E-state index in [-0.39, 0.29) is 11.5 Å². The van der Waals surface area contributed by atoms with Crippen molar-refractivity contribution in [3.05, 3.63) is 29.8 Å². The summed E-state index contributed by atoms with van der Waals surface area (Å²) in [5.74, 6) is 0.366. The van der Waals surface area contributed by atoms with Gasteiger partial charge in [-0.2, -0.15) is 0 Å². The third-order valence-electron chi connectivity index (χ3n) is 5.13. The number of hydrogen-bond acceptors (Lipinski definition) is 2. The highest BCUT2D eigenvalue weighted by Crippen LogP contribution is 2.50. The van der Waals surface area contributed by atoms with Gasteiger partial charge in [-0.15, -0.1) is 0 Å². The van der Waals surface area contributed by atoms with Crippen LogP contribution in [0.25, 0.3) is 0 Å². The van der Waals surface area contributed by atoms with Gasteiger partial charge in [0.2, 0.25) is 0 Å². The predicted molar refractivity (Wildman–Crippen MR) is 79.3 cm³/mol. The fraction of sp³-hybridized carbons (Fsp3) is 0.647. The van der Waals surface area contributed by atoms with Crippen LogP contribution in [0.3, 0.4) is 0 Å². The Bertz CT molecular complexity index is 482. The van der Waals surface area contributed by atoms with Crippen LogP contribution in [-0.4, -0.2) is 16.7 Å². The number of benzene rings is 1. The van der Waals surface area contributed by atoms with Crippen molar-refractivity contribution in [2.24, 2.45) is 11.3 Å². The highest BCUT2D eigenvalue weighted by molar-refractivity contribution is 5.54. The van der Waals surface area contributed by atoms with E-state index in [1.807, 2.05) is 0 Å². The van der Waals surface area contributed by atoms with Crippen molar-refractivity contribution < 1.29 is 5.11 Å². The lowest BCUT2D eigenvalue weighted by Gasteiger charge is -2.41. The maximum absolute atomic E-state index is 11.2. The normalized spacial score (nSPS) is 36.6. The Morgan fingerprint density at radius 1 is 1.26 bits per heavy atom. The first-order chi connectivity index (χ1) is 8.91. The number of nitrogens with one attached hydrogen (secondary N) is 1. The zero-order valence-corrected chi connectivity index (χ0v) is 12.2. The highest BCUT2D eigenvalue weighted by Gasteiger charge is 2.52. The van der Waals surface area contributed by atoms with Gasteiger partial charge in [-0.3, -0.25) is 0 Å². The molecule has 0 saturated heterocycles. The van der Waals surface area contributed by atoms with E-state index in [1.165, 1.54) is 11.3 Å². The smallest absolute Gasteiger partial charge is 0.0878 e. The van der Waals surface area contributed by atoms with Gasteiger partial charge >= 0.3 is 0 Å². The first kappa shape index (κ1) is 13.0. The van der Waals surface area contributed by atoms with Gasteiger partial charge in [-0.1, -0.05) is 39.0 Å². The molecule has 3 rings (SSSR count). The molecule has 0 amide bonds. The van der Waals surface area contributed by atoms with E-state index in [0.29, 0.717) is 5.92 Å². The lowest BCUT2D eigenvalue weighted by molar-refractivity contribution is -0.0169. The maximum Gasteiger partial charge on any atom is 0.0878 e. The van der Waals surface area contributed by atoms with Gasteiger partial charge in [-0.25, -0.2) is 0 Å². The van der Waals surface area contributed by atoms with Gasteiger partial charge in [0.15, 0.2) is 0 Å². The zero-order valence-electron chi connectivity index (χ0n) is 12.2. The maximum atomic E-state index is 11.2. The molecule has 19 heavy (non-hydrogen) atoms. The van der Waals surface area contributed by atoms with Crippen LogP contribution in [0.4, 0.5) is 5.69 Å². The number of fused-ring (bicyclic) bond motifs is 1. The van der Waals surface area contributed by atoms with Crippen LogP contribution < -0.4 is 5.32 Å². The molecule has 1 saturated carbocycles. The van der Waals surface area contributed by atoms with Crippen LogP contribution in [0.15, 0.2) is 24.3 Å². The molecule has 1 aliphatic carbocycles. The van der Waals surface area contributed by atoms with Crippen molar-refractivity contribution >= 4 is 5.69 Å². The fourth-order valence-corrected chi connectivity index (χ4v) is 4.30. The molecule has 1 aromatic carbocycles. The summed E-state index contributed by atoms with van der Waals surface area (Å²) in [5.41, 5.74) is 2.29. The predicted octanol–water partition coefficient (Wildman–Crippen LogP) is 3.60. The Morgan fingerprint density at radius 2 is 2.00 bits per heavy atom. The summed E-state index contributed by atoms with van der Waals surface area (Å²) in [5, 5.41) is 14.8. The molecule has 104 valence electrons. The van der Waals surface area contributed by atoms with Crippen molar-refractivity contribution in [2.75, 3.05) is 5.32 Å². The van der Waals surface area contributed by atoms with Crippen LogP contribution >= 0.6 is 0 Å².